The van der Waals surface area contributed by atoms with Crippen molar-refractivity contribution in [3.63, 3.8) is 0 Å². The maximum absolute atomic E-state index is 12.2. The van der Waals surface area contributed by atoms with E-state index in [0.29, 0.717) is 12.1 Å². The van der Waals surface area contributed by atoms with Crippen LogP contribution in [-0.4, -0.2) is 43.5 Å². The fraction of sp³-hybridized carbons (Fsp3) is 0.579. The number of unbranched alkanes of at least 4 members (excludes halogenated alkanes) is 1. The third-order valence-electron chi connectivity index (χ3n) is 3.93. The van der Waals surface area contributed by atoms with Gasteiger partial charge in [0.1, 0.15) is 0 Å². The fourth-order valence-electron chi connectivity index (χ4n) is 2.22. The van der Waals surface area contributed by atoms with Crippen molar-refractivity contribution in [3.05, 3.63) is 35.4 Å². The average molecular weight is 365 g/mol. The molecule has 0 fully saturated rings. The maximum atomic E-state index is 12.2. The van der Waals surface area contributed by atoms with Gasteiger partial charge < -0.3 is 16.0 Å². The standard InChI is InChI=1S/C19H32N4OS/c1-5-15(2)23-18(24)17-10-8-9-16(13-17)14-22-19(20-3)21-11-6-7-12-25-4/h8-10,13,15H,5-7,11-12,14H2,1-4H3,(H,23,24)(H2,20,21,22). The Hall–Kier alpha value is -1.69. The largest absolute Gasteiger partial charge is 0.356 e. The van der Waals surface area contributed by atoms with Crippen LogP contribution < -0.4 is 16.0 Å². The summed E-state index contributed by atoms with van der Waals surface area (Å²) < 4.78 is 0. The molecule has 0 aliphatic rings. The quantitative estimate of drug-likeness (QED) is 0.339. The Kier molecular flexibility index (Phi) is 10.8. The summed E-state index contributed by atoms with van der Waals surface area (Å²) in [7, 11) is 1.77. The van der Waals surface area contributed by atoms with Crippen LogP contribution in [0.4, 0.5) is 0 Å². The Morgan fingerprint density at radius 1 is 1.28 bits per heavy atom. The highest BCUT2D eigenvalue weighted by Crippen LogP contribution is 2.06. The van der Waals surface area contributed by atoms with E-state index in [1.54, 1.807) is 7.05 Å². The average Bonchev–Trinajstić information content (AvgIpc) is 2.64. The lowest BCUT2D eigenvalue weighted by Crippen LogP contribution is -2.37. The molecule has 1 aromatic rings. The topological polar surface area (TPSA) is 65.5 Å². The number of hydrogen-bond acceptors (Lipinski definition) is 3. The van der Waals surface area contributed by atoms with E-state index >= 15 is 0 Å². The normalized spacial score (nSPS) is 12.6. The molecule has 6 heteroatoms. The van der Waals surface area contributed by atoms with Crippen molar-refractivity contribution in [3.8, 4) is 0 Å². The molecule has 0 aliphatic heterocycles. The number of aliphatic imine (C=N–C) groups is 1. The molecular weight excluding hydrogens is 332 g/mol. The van der Waals surface area contributed by atoms with Crippen molar-refractivity contribution >= 4 is 23.6 Å². The molecule has 1 atom stereocenters. The Morgan fingerprint density at radius 2 is 2.08 bits per heavy atom. The van der Waals surface area contributed by atoms with Gasteiger partial charge in [-0.05, 0) is 55.9 Å². The number of rotatable bonds is 10. The predicted octanol–water partition coefficient (Wildman–Crippen LogP) is 3.02. The maximum Gasteiger partial charge on any atom is 0.251 e. The molecule has 1 unspecified atom stereocenters. The minimum atomic E-state index is -0.0208. The molecule has 1 rings (SSSR count). The minimum Gasteiger partial charge on any atom is -0.356 e. The summed E-state index contributed by atoms with van der Waals surface area (Å²) in [5, 5.41) is 9.61. The summed E-state index contributed by atoms with van der Waals surface area (Å²) in [5.41, 5.74) is 1.75. The second kappa shape index (κ2) is 12.6. The zero-order valence-electron chi connectivity index (χ0n) is 15.9. The van der Waals surface area contributed by atoms with Gasteiger partial charge in [0.05, 0.1) is 0 Å². The Labute approximate surface area is 156 Å². The third-order valence-corrected chi connectivity index (χ3v) is 4.63. The summed E-state index contributed by atoms with van der Waals surface area (Å²) in [6.45, 7) is 5.62. The predicted molar refractivity (Wildman–Crippen MR) is 109 cm³/mol. The van der Waals surface area contributed by atoms with Gasteiger partial charge in [0, 0.05) is 31.7 Å². The van der Waals surface area contributed by atoms with Gasteiger partial charge in [-0.25, -0.2) is 0 Å². The Balaban J connectivity index is 2.48. The molecule has 1 amide bonds. The van der Waals surface area contributed by atoms with Crippen molar-refractivity contribution in [2.24, 2.45) is 4.99 Å². The summed E-state index contributed by atoms with van der Waals surface area (Å²) >= 11 is 1.88. The van der Waals surface area contributed by atoms with Crippen molar-refractivity contribution in [2.45, 2.75) is 45.7 Å². The van der Waals surface area contributed by atoms with E-state index in [9.17, 15) is 4.79 Å². The number of thioether (sulfide) groups is 1. The molecule has 0 radical (unpaired) electrons. The summed E-state index contributed by atoms with van der Waals surface area (Å²) in [4.78, 5) is 16.5. The van der Waals surface area contributed by atoms with Crippen molar-refractivity contribution in [2.75, 3.05) is 25.6 Å². The van der Waals surface area contributed by atoms with E-state index in [1.165, 1.54) is 12.2 Å². The Bertz CT molecular complexity index is 548. The minimum absolute atomic E-state index is 0.0208. The molecule has 140 valence electrons. The molecule has 0 aromatic heterocycles. The lowest BCUT2D eigenvalue weighted by molar-refractivity contribution is 0.0939. The van der Waals surface area contributed by atoms with Gasteiger partial charge in [0.15, 0.2) is 5.96 Å². The molecule has 0 heterocycles. The Morgan fingerprint density at radius 3 is 2.76 bits per heavy atom. The van der Waals surface area contributed by atoms with Gasteiger partial charge in [-0.15, -0.1) is 0 Å². The lowest BCUT2D eigenvalue weighted by atomic mass is 10.1. The fourth-order valence-corrected chi connectivity index (χ4v) is 2.71. The van der Waals surface area contributed by atoms with Crippen LogP contribution in [0.15, 0.2) is 29.3 Å². The molecule has 0 bridgehead atoms. The highest BCUT2D eigenvalue weighted by atomic mass is 32.2. The van der Waals surface area contributed by atoms with E-state index in [-0.39, 0.29) is 11.9 Å². The van der Waals surface area contributed by atoms with E-state index in [0.717, 1.165) is 30.9 Å². The van der Waals surface area contributed by atoms with Gasteiger partial charge in [-0.1, -0.05) is 19.1 Å². The first-order valence-electron chi connectivity index (χ1n) is 8.94. The summed E-state index contributed by atoms with van der Waals surface area (Å²) in [6, 6.07) is 7.89. The second-order valence-corrected chi connectivity index (χ2v) is 7.02. The van der Waals surface area contributed by atoms with Gasteiger partial charge >= 0.3 is 0 Å². The number of carbonyl (C=O) groups is 1. The number of nitrogens with one attached hydrogen (secondary N) is 3. The van der Waals surface area contributed by atoms with Crippen LogP contribution in [0.3, 0.4) is 0 Å². The second-order valence-electron chi connectivity index (χ2n) is 6.04. The number of benzene rings is 1. The monoisotopic (exact) mass is 364 g/mol. The van der Waals surface area contributed by atoms with E-state index in [4.69, 9.17) is 0 Å². The van der Waals surface area contributed by atoms with Crippen LogP contribution in [0.25, 0.3) is 0 Å². The van der Waals surface area contributed by atoms with E-state index < -0.39 is 0 Å². The zero-order chi connectivity index (χ0) is 18.5. The molecule has 0 spiro atoms. The number of hydrogen-bond donors (Lipinski definition) is 3. The van der Waals surface area contributed by atoms with Crippen molar-refractivity contribution in [1.29, 1.82) is 0 Å². The van der Waals surface area contributed by atoms with Crippen molar-refractivity contribution in [1.82, 2.24) is 16.0 Å². The van der Waals surface area contributed by atoms with Crippen LogP contribution >= 0.6 is 11.8 Å². The smallest absolute Gasteiger partial charge is 0.251 e. The highest BCUT2D eigenvalue weighted by molar-refractivity contribution is 7.98. The molecule has 3 N–H and O–H groups in total. The molecule has 5 nitrogen and oxygen atoms in total. The molecule has 0 aliphatic carbocycles. The van der Waals surface area contributed by atoms with E-state index in [1.807, 2.05) is 43.0 Å². The number of nitrogens with zero attached hydrogens (tertiary/aromatic N) is 1. The molecule has 1 aromatic carbocycles. The van der Waals surface area contributed by atoms with Gasteiger partial charge in [-0.3, -0.25) is 9.79 Å². The molecular formula is C19H32N4OS. The third kappa shape index (κ3) is 8.82. The number of carbonyl (C=O) groups excluding carboxylic acids is 1. The summed E-state index contributed by atoms with van der Waals surface area (Å²) in [5.74, 6) is 1.96. The van der Waals surface area contributed by atoms with Gasteiger partial charge in [-0.2, -0.15) is 11.8 Å². The molecule has 25 heavy (non-hydrogen) atoms. The van der Waals surface area contributed by atoms with Crippen LogP contribution in [0.1, 0.15) is 49.0 Å². The number of guanidine groups is 1. The first-order valence-corrected chi connectivity index (χ1v) is 10.3. The first kappa shape index (κ1) is 21.4. The van der Waals surface area contributed by atoms with Crippen LogP contribution in [-0.2, 0) is 6.54 Å². The number of amides is 1. The molecule has 0 saturated heterocycles. The molecule has 0 saturated carbocycles. The SMILES string of the molecule is CCC(C)NC(=O)c1cccc(CNC(=NC)NCCCCSC)c1. The zero-order valence-corrected chi connectivity index (χ0v) is 16.7. The van der Waals surface area contributed by atoms with Crippen LogP contribution in [0.5, 0.6) is 0 Å². The van der Waals surface area contributed by atoms with Crippen LogP contribution in [0.2, 0.25) is 0 Å². The highest BCUT2D eigenvalue weighted by Gasteiger charge is 2.09. The van der Waals surface area contributed by atoms with Gasteiger partial charge in [0.25, 0.3) is 5.91 Å². The van der Waals surface area contributed by atoms with E-state index in [2.05, 4.69) is 34.1 Å². The summed E-state index contributed by atoms with van der Waals surface area (Å²) in [6.07, 6.45) is 5.39. The first-order chi connectivity index (χ1) is 12.1. The lowest BCUT2D eigenvalue weighted by Gasteiger charge is -2.14. The van der Waals surface area contributed by atoms with Crippen LogP contribution in [0, 0.1) is 0 Å². The van der Waals surface area contributed by atoms with Crippen molar-refractivity contribution < 1.29 is 4.79 Å². The van der Waals surface area contributed by atoms with Gasteiger partial charge in [0.2, 0.25) is 0 Å².